The number of dihydropyridines is 1. The van der Waals surface area contributed by atoms with Crippen LogP contribution in [0.3, 0.4) is 0 Å². The van der Waals surface area contributed by atoms with Gasteiger partial charge < -0.3 is 14.8 Å². The van der Waals surface area contributed by atoms with Crippen LogP contribution in [0.4, 0.5) is 5.69 Å². The number of carbonyl (C=O) groups is 3. The van der Waals surface area contributed by atoms with Crippen LogP contribution in [-0.4, -0.2) is 54.7 Å². The highest BCUT2D eigenvalue weighted by molar-refractivity contribution is 7.90. The molecule has 0 bridgehead atoms. The van der Waals surface area contributed by atoms with Crippen molar-refractivity contribution < 1.29 is 37.2 Å². The monoisotopic (exact) mass is 583 g/mol. The Morgan fingerprint density at radius 3 is 2.34 bits per heavy atom. The average molecular weight is 584 g/mol. The Morgan fingerprint density at radius 1 is 1.05 bits per heavy atom. The lowest BCUT2D eigenvalue weighted by Crippen LogP contribution is -2.34. The molecule has 2 heterocycles. The lowest BCUT2D eigenvalue weighted by atomic mass is 9.80. The topological polar surface area (TPSA) is 162 Å². The van der Waals surface area contributed by atoms with E-state index in [1.165, 1.54) is 36.4 Å². The van der Waals surface area contributed by atoms with Gasteiger partial charge in [-0.05, 0) is 45.4 Å². The van der Waals surface area contributed by atoms with Crippen LogP contribution in [0.25, 0.3) is 0 Å². The van der Waals surface area contributed by atoms with E-state index in [1.807, 2.05) is 0 Å². The maximum atomic E-state index is 13.4. The lowest BCUT2D eigenvalue weighted by Gasteiger charge is -2.30. The Morgan fingerprint density at radius 2 is 1.71 bits per heavy atom. The maximum Gasteiger partial charge on any atom is 0.337 e. The SMILES string of the molecule is CC1=C(C(=O)OCCCN2C(=O)c3ccccc3S2(=O)=O)C(c2cccc([N+](=O)[O-])c2)C(C(=O)OC(C)C)=C(C)N1. The Balaban J connectivity index is 1.57. The van der Waals surface area contributed by atoms with Gasteiger partial charge in [0.25, 0.3) is 21.6 Å². The Kier molecular flexibility index (Phi) is 8.29. The Labute approximate surface area is 236 Å². The zero-order valence-corrected chi connectivity index (χ0v) is 23.7. The van der Waals surface area contributed by atoms with Crippen LogP contribution in [0, 0.1) is 10.1 Å². The van der Waals surface area contributed by atoms with Crippen LogP contribution < -0.4 is 5.32 Å². The van der Waals surface area contributed by atoms with E-state index in [2.05, 4.69) is 5.32 Å². The maximum absolute atomic E-state index is 13.4. The number of fused-ring (bicyclic) bond motifs is 1. The summed E-state index contributed by atoms with van der Waals surface area (Å²) in [6.07, 6.45) is -0.449. The number of amides is 1. The minimum atomic E-state index is -4.00. The van der Waals surface area contributed by atoms with Crippen LogP contribution in [0.15, 0.2) is 76.0 Å². The molecular weight excluding hydrogens is 554 g/mol. The second-order valence-electron chi connectivity index (χ2n) is 9.81. The van der Waals surface area contributed by atoms with Crippen molar-refractivity contribution in [3.8, 4) is 0 Å². The highest BCUT2D eigenvalue weighted by Gasteiger charge is 2.41. The van der Waals surface area contributed by atoms with Gasteiger partial charge in [-0.25, -0.2) is 22.3 Å². The summed E-state index contributed by atoms with van der Waals surface area (Å²) in [4.78, 5) is 50.1. The van der Waals surface area contributed by atoms with Gasteiger partial charge in [-0.2, -0.15) is 0 Å². The molecule has 0 saturated heterocycles. The number of ether oxygens (including phenoxy) is 2. The van der Waals surface area contributed by atoms with E-state index in [-0.39, 0.29) is 46.9 Å². The lowest BCUT2D eigenvalue weighted by molar-refractivity contribution is -0.384. The van der Waals surface area contributed by atoms with Gasteiger partial charge in [0.2, 0.25) is 0 Å². The molecule has 12 nitrogen and oxygen atoms in total. The Bertz CT molecular complexity index is 1610. The van der Waals surface area contributed by atoms with Gasteiger partial charge in [-0.1, -0.05) is 24.3 Å². The fourth-order valence-corrected chi connectivity index (χ4v) is 6.47. The van der Waals surface area contributed by atoms with E-state index in [0.717, 1.165) is 4.31 Å². The number of nitrogens with zero attached hydrogens (tertiary/aromatic N) is 2. The number of hydrogen-bond donors (Lipinski definition) is 1. The fourth-order valence-electron chi connectivity index (χ4n) is 4.87. The van der Waals surface area contributed by atoms with Crippen molar-refractivity contribution in [3.63, 3.8) is 0 Å². The number of esters is 2. The van der Waals surface area contributed by atoms with Gasteiger partial charge in [-0.15, -0.1) is 0 Å². The standard InChI is InChI=1S/C28H29N3O9S/c1-16(2)40-28(34)24-18(4)29-17(3)23(25(24)19-9-7-10-20(15-19)31(35)36)27(33)39-14-8-13-30-26(32)21-11-5-6-12-22(21)41(30,37)38/h5-7,9-12,15-16,25,29H,8,13-14H2,1-4H3. The summed E-state index contributed by atoms with van der Waals surface area (Å²) in [5, 5.41) is 14.5. The molecule has 1 atom stereocenters. The third kappa shape index (κ3) is 5.71. The van der Waals surface area contributed by atoms with Crippen molar-refractivity contribution in [1.82, 2.24) is 9.62 Å². The van der Waals surface area contributed by atoms with Gasteiger partial charge >= 0.3 is 11.9 Å². The van der Waals surface area contributed by atoms with E-state index in [4.69, 9.17) is 9.47 Å². The van der Waals surface area contributed by atoms with Crippen LogP contribution in [0.1, 0.15) is 56.0 Å². The molecule has 216 valence electrons. The fraction of sp³-hybridized carbons (Fsp3) is 0.321. The third-order valence-electron chi connectivity index (χ3n) is 6.61. The number of nitro groups is 1. The van der Waals surface area contributed by atoms with Crippen molar-refractivity contribution in [2.45, 2.75) is 51.0 Å². The van der Waals surface area contributed by atoms with Crippen molar-refractivity contribution in [2.75, 3.05) is 13.2 Å². The molecule has 41 heavy (non-hydrogen) atoms. The summed E-state index contributed by atoms with van der Waals surface area (Å²) in [6, 6.07) is 11.5. The molecule has 0 aromatic heterocycles. The molecule has 2 aliphatic heterocycles. The van der Waals surface area contributed by atoms with Crippen molar-refractivity contribution in [1.29, 1.82) is 0 Å². The molecule has 1 unspecified atom stereocenters. The number of nitrogens with one attached hydrogen (secondary N) is 1. The Hall–Kier alpha value is -4.52. The van der Waals surface area contributed by atoms with Crippen LogP contribution >= 0.6 is 0 Å². The number of hydrogen-bond acceptors (Lipinski definition) is 10. The molecule has 13 heteroatoms. The second-order valence-corrected chi connectivity index (χ2v) is 11.6. The van der Waals surface area contributed by atoms with Gasteiger partial charge in [0.05, 0.1) is 40.3 Å². The zero-order chi connectivity index (χ0) is 30.1. The summed E-state index contributed by atoms with van der Waals surface area (Å²) in [5.74, 6) is -3.20. The number of carbonyl (C=O) groups excluding carboxylic acids is 3. The van der Waals surface area contributed by atoms with Crippen LogP contribution in [-0.2, 0) is 29.1 Å². The molecule has 0 radical (unpaired) electrons. The summed E-state index contributed by atoms with van der Waals surface area (Å²) < 4.78 is 37.2. The molecule has 0 aliphatic carbocycles. The zero-order valence-electron chi connectivity index (χ0n) is 22.9. The minimum absolute atomic E-state index is 0.0169. The largest absolute Gasteiger partial charge is 0.462 e. The first kappa shape index (κ1) is 29.5. The number of benzene rings is 2. The smallest absolute Gasteiger partial charge is 0.337 e. The first-order valence-electron chi connectivity index (χ1n) is 12.8. The van der Waals surface area contributed by atoms with E-state index >= 15 is 0 Å². The van der Waals surface area contributed by atoms with Crippen molar-refractivity contribution >= 4 is 33.6 Å². The molecule has 0 spiro atoms. The summed E-state index contributed by atoms with van der Waals surface area (Å²) in [7, 11) is -4.00. The normalized spacial score (nSPS) is 17.8. The van der Waals surface area contributed by atoms with E-state index in [0.29, 0.717) is 17.0 Å². The third-order valence-corrected chi connectivity index (χ3v) is 8.45. The van der Waals surface area contributed by atoms with Crippen LogP contribution in [0.5, 0.6) is 0 Å². The predicted octanol–water partition coefficient (Wildman–Crippen LogP) is 3.56. The van der Waals surface area contributed by atoms with Gasteiger partial charge in [0, 0.05) is 36.5 Å². The number of sulfonamides is 1. The van der Waals surface area contributed by atoms with E-state index < -0.39 is 44.8 Å². The molecule has 4 rings (SSSR count). The predicted molar refractivity (Wildman–Crippen MR) is 146 cm³/mol. The summed E-state index contributed by atoms with van der Waals surface area (Å²) in [5.41, 5.74) is 1.11. The highest BCUT2D eigenvalue weighted by atomic mass is 32.2. The first-order valence-corrected chi connectivity index (χ1v) is 14.3. The van der Waals surface area contributed by atoms with Crippen molar-refractivity contribution in [2.24, 2.45) is 0 Å². The van der Waals surface area contributed by atoms with Gasteiger partial charge in [-0.3, -0.25) is 14.9 Å². The average Bonchev–Trinajstić information content (AvgIpc) is 3.10. The molecule has 2 aliphatic rings. The number of non-ortho nitro benzene ring substituents is 1. The molecule has 0 saturated carbocycles. The van der Waals surface area contributed by atoms with Crippen molar-refractivity contribution in [3.05, 3.63) is 92.3 Å². The summed E-state index contributed by atoms with van der Waals surface area (Å²) >= 11 is 0. The second kappa shape index (κ2) is 11.5. The number of rotatable bonds is 9. The molecular formula is C28H29N3O9S. The first-order chi connectivity index (χ1) is 19.3. The molecule has 1 N–H and O–H groups in total. The molecule has 0 fully saturated rings. The number of allylic oxidation sites excluding steroid dienone is 2. The number of nitro benzene ring substituents is 1. The summed E-state index contributed by atoms with van der Waals surface area (Å²) in [6.45, 7) is 6.15. The van der Waals surface area contributed by atoms with Gasteiger partial charge in [0.1, 0.15) is 4.90 Å². The minimum Gasteiger partial charge on any atom is -0.462 e. The van der Waals surface area contributed by atoms with Gasteiger partial charge in [0.15, 0.2) is 0 Å². The van der Waals surface area contributed by atoms with E-state index in [1.54, 1.807) is 39.8 Å². The highest BCUT2D eigenvalue weighted by Crippen LogP contribution is 2.40. The molecule has 2 aromatic rings. The van der Waals surface area contributed by atoms with E-state index in [9.17, 15) is 32.9 Å². The quantitative estimate of drug-likeness (QED) is 0.200. The van der Waals surface area contributed by atoms with Crippen LogP contribution in [0.2, 0.25) is 0 Å². The molecule has 2 aromatic carbocycles. The molecule has 1 amide bonds.